The molecule has 0 aliphatic rings. The van der Waals surface area contributed by atoms with Crippen LogP contribution in [0.5, 0.6) is 0 Å². The van der Waals surface area contributed by atoms with Crippen molar-refractivity contribution < 1.29 is 10.2 Å². The molecule has 0 saturated carbocycles. The first kappa shape index (κ1) is 11.9. The fourth-order valence-electron chi connectivity index (χ4n) is 1.75. The molecule has 0 fully saturated rings. The van der Waals surface area contributed by atoms with E-state index in [1.807, 2.05) is 29.6 Å². The first-order valence-electron chi connectivity index (χ1n) is 5.12. The van der Waals surface area contributed by atoms with Gasteiger partial charge in [-0.05, 0) is 34.9 Å². The average Bonchev–Trinajstić information content (AvgIpc) is 2.76. The Hall–Kier alpha value is -0.610. The first-order valence-corrected chi connectivity index (χ1v) is 6.53. The molecule has 1 heterocycles. The molecule has 2 aromatic rings. The van der Waals surface area contributed by atoms with E-state index in [4.69, 9.17) is 11.6 Å². The summed E-state index contributed by atoms with van der Waals surface area (Å²) in [5.41, 5.74) is 0.774. The molecule has 0 aliphatic carbocycles. The fourth-order valence-corrected chi connectivity index (χ4v) is 2.80. The molecule has 16 heavy (non-hydrogen) atoms. The zero-order valence-corrected chi connectivity index (χ0v) is 10.2. The zero-order valence-electron chi connectivity index (χ0n) is 8.64. The highest BCUT2D eigenvalue weighted by Crippen LogP contribution is 2.30. The standard InChI is InChI=1S/C12H13ClO2S/c13-6-4-10(14)12(15)9-2-1-3-11-8(9)5-7-16-11/h1-3,5,7,10,12,14-15H,4,6H2. The zero-order chi connectivity index (χ0) is 11.5. The maximum atomic E-state index is 10.0. The van der Waals surface area contributed by atoms with Crippen molar-refractivity contribution in [2.24, 2.45) is 0 Å². The van der Waals surface area contributed by atoms with E-state index in [1.165, 1.54) is 0 Å². The quantitative estimate of drug-likeness (QED) is 0.826. The van der Waals surface area contributed by atoms with Crippen LogP contribution in [0.3, 0.4) is 0 Å². The van der Waals surface area contributed by atoms with Gasteiger partial charge in [-0.15, -0.1) is 22.9 Å². The number of hydrogen-bond acceptors (Lipinski definition) is 3. The molecule has 2 rings (SSSR count). The van der Waals surface area contributed by atoms with Gasteiger partial charge in [0.2, 0.25) is 0 Å². The number of alkyl halides is 1. The number of benzene rings is 1. The Morgan fingerprint density at radius 1 is 1.25 bits per heavy atom. The van der Waals surface area contributed by atoms with Gasteiger partial charge >= 0.3 is 0 Å². The minimum Gasteiger partial charge on any atom is -0.390 e. The molecule has 86 valence electrons. The molecule has 2 N–H and O–H groups in total. The number of halogens is 1. The third kappa shape index (κ3) is 2.23. The second-order valence-electron chi connectivity index (χ2n) is 3.67. The Morgan fingerprint density at radius 2 is 2.06 bits per heavy atom. The van der Waals surface area contributed by atoms with Crippen molar-refractivity contribution in [3.05, 3.63) is 35.2 Å². The number of hydrogen-bond donors (Lipinski definition) is 2. The SMILES string of the molecule is OC(CCCl)C(O)c1cccc2sccc12. The van der Waals surface area contributed by atoms with Crippen molar-refractivity contribution in [1.29, 1.82) is 0 Å². The highest BCUT2D eigenvalue weighted by molar-refractivity contribution is 7.17. The van der Waals surface area contributed by atoms with Crippen molar-refractivity contribution >= 4 is 33.0 Å². The van der Waals surface area contributed by atoms with Gasteiger partial charge in [-0.1, -0.05) is 12.1 Å². The number of thiophene rings is 1. The lowest BCUT2D eigenvalue weighted by Gasteiger charge is -2.17. The van der Waals surface area contributed by atoms with E-state index in [2.05, 4.69) is 0 Å². The summed E-state index contributed by atoms with van der Waals surface area (Å²) in [6.07, 6.45) is -1.27. The van der Waals surface area contributed by atoms with E-state index >= 15 is 0 Å². The van der Waals surface area contributed by atoms with E-state index in [0.717, 1.165) is 15.6 Å². The monoisotopic (exact) mass is 256 g/mol. The van der Waals surface area contributed by atoms with Crippen molar-refractivity contribution in [2.75, 3.05) is 5.88 Å². The third-order valence-electron chi connectivity index (χ3n) is 2.62. The van der Waals surface area contributed by atoms with Gasteiger partial charge in [0.1, 0.15) is 6.10 Å². The number of rotatable bonds is 4. The number of aliphatic hydroxyl groups is 2. The van der Waals surface area contributed by atoms with Crippen molar-refractivity contribution in [1.82, 2.24) is 0 Å². The second kappa shape index (κ2) is 5.15. The van der Waals surface area contributed by atoms with Crippen LogP contribution in [0.25, 0.3) is 10.1 Å². The molecule has 0 radical (unpaired) electrons. The van der Waals surface area contributed by atoms with Gasteiger partial charge < -0.3 is 10.2 Å². The lowest BCUT2D eigenvalue weighted by molar-refractivity contribution is 0.0179. The summed E-state index contributed by atoms with van der Waals surface area (Å²) >= 11 is 7.18. The third-order valence-corrected chi connectivity index (χ3v) is 3.72. The van der Waals surface area contributed by atoms with Gasteiger partial charge in [-0.2, -0.15) is 0 Å². The van der Waals surface area contributed by atoms with Crippen molar-refractivity contribution in [2.45, 2.75) is 18.6 Å². The largest absolute Gasteiger partial charge is 0.390 e. The summed E-state index contributed by atoms with van der Waals surface area (Å²) < 4.78 is 1.12. The van der Waals surface area contributed by atoms with Crippen LogP contribution in [-0.2, 0) is 0 Å². The lowest BCUT2D eigenvalue weighted by Crippen LogP contribution is -2.18. The minimum atomic E-state index is -0.864. The van der Waals surface area contributed by atoms with Crippen molar-refractivity contribution in [3.8, 4) is 0 Å². The highest BCUT2D eigenvalue weighted by Gasteiger charge is 2.19. The van der Waals surface area contributed by atoms with Crippen LogP contribution < -0.4 is 0 Å². The first-order chi connectivity index (χ1) is 7.74. The average molecular weight is 257 g/mol. The van der Waals surface area contributed by atoms with Gasteiger partial charge in [0, 0.05) is 10.6 Å². The molecule has 4 heteroatoms. The molecular weight excluding hydrogens is 244 g/mol. The molecule has 2 atom stereocenters. The maximum Gasteiger partial charge on any atom is 0.106 e. The van der Waals surface area contributed by atoms with Crippen LogP contribution in [0.15, 0.2) is 29.6 Å². The van der Waals surface area contributed by atoms with Gasteiger partial charge in [0.15, 0.2) is 0 Å². The van der Waals surface area contributed by atoms with E-state index in [9.17, 15) is 10.2 Å². The Kier molecular flexibility index (Phi) is 3.82. The molecule has 2 unspecified atom stereocenters. The van der Waals surface area contributed by atoms with Gasteiger partial charge in [0.05, 0.1) is 6.10 Å². The van der Waals surface area contributed by atoms with E-state index in [1.54, 1.807) is 11.3 Å². The predicted octanol–water partition coefficient (Wildman–Crippen LogP) is 2.92. The molecule has 1 aromatic carbocycles. The van der Waals surface area contributed by atoms with Crippen LogP contribution in [0.4, 0.5) is 0 Å². The summed E-state index contributed by atoms with van der Waals surface area (Å²) in [4.78, 5) is 0. The fraction of sp³-hybridized carbons (Fsp3) is 0.333. The second-order valence-corrected chi connectivity index (χ2v) is 5.00. The summed E-state index contributed by atoms with van der Waals surface area (Å²) in [6.45, 7) is 0. The van der Waals surface area contributed by atoms with E-state index in [-0.39, 0.29) is 0 Å². The molecule has 0 spiro atoms. The van der Waals surface area contributed by atoms with Crippen LogP contribution in [0, 0.1) is 0 Å². The number of aliphatic hydroxyl groups excluding tert-OH is 2. The Morgan fingerprint density at radius 3 is 2.81 bits per heavy atom. The van der Waals surface area contributed by atoms with Crippen LogP contribution in [-0.4, -0.2) is 22.2 Å². The predicted molar refractivity (Wildman–Crippen MR) is 68.1 cm³/mol. The molecule has 0 amide bonds. The summed E-state index contributed by atoms with van der Waals surface area (Å²) in [5, 5.41) is 22.8. The maximum absolute atomic E-state index is 10.0. The van der Waals surface area contributed by atoms with E-state index in [0.29, 0.717) is 12.3 Å². The molecule has 0 saturated heterocycles. The van der Waals surface area contributed by atoms with Crippen LogP contribution >= 0.6 is 22.9 Å². The Labute approximate surface area is 103 Å². The topological polar surface area (TPSA) is 40.5 Å². The minimum absolute atomic E-state index is 0.345. The Balaban J connectivity index is 2.35. The highest BCUT2D eigenvalue weighted by atomic mass is 35.5. The molecule has 2 nitrogen and oxygen atoms in total. The van der Waals surface area contributed by atoms with Gasteiger partial charge in [-0.3, -0.25) is 0 Å². The smallest absolute Gasteiger partial charge is 0.106 e. The van der Waals surface area contributed by atoms with Gasteiger partial charge in [-0.25, -0.2) is 0 Å². The van der Waals surface area contributed by atoms with E-state index < -0.39 is 12.2 Å². The van der Waals surface area contributed by atoms with Crippen molar-refractivity contribution in [3.63, 3.8) is 0 Å². The van der Waals surface area contributed by atoms with Crippen LogP contribution in [0.1, 0.15) is 18.1 Å². The summed E-state index contributed by atoms with van der Waals surface area (Å²) in [6, 6.07) is 7.71. The summed E-state index contributed by atoms with van der Waals surface area (Å²) in [7, 11) is 0. The molecule has 0 bridgehead atoms. The number of fused-ring (bicyclic) bond motifs is 1. The molecular formula is C12H13ClO2S. The summed E-state index contributed by atoms with van der Waals surface area (Å²) in [5.74, 6) is 0.345. The lowest BCUT2D eigenvalue weighted by atomic mass is 10.00. The normalized spacial score (nSPS) is 15.2. The van der Waals surface area contributed by atoms with Crippen LogP contribution in [0.2, 0.25) is 0 Å². The molecule has 1 aromatic heterocycles. The van der Waals surface area contributed by atoms with Gasteiger partial charge in [0.25, 0.3) is 0 Å². The Bertz CT molecular complexity index is 469. The molecule has 0 aliphatic heterocycles.